The number of ether oxygens (including phenoxy) is 2. The van der Waals surface area contributed by atoms with Crippen molar-refractivity contribution in [2.24, 2.45) is 5.41 Å². The van der Waals surface area contributed by atoms with Gasteiger partial charge in [0.1, 0.15) is 6.61 Å². The highest BCUT2D eigenvalue weighted by Crippen LogP contribution is 2.21. The second-order valence-electron chi connectivity index (χ2n) is 4.67. The lowest BCUT2D eigenvalue weighted by atomic mass is 9.91. The van der Waals surface area contributed by atoms with Gasteiger partial charge >= 0.3 is 17.9 Å². The van der Waals surface area contributed by atoms with Gasteiger partial charge in [-0.15, -0.1) is 0 Å². The predicted molar refractivity (Wildman–Crippen MR) is 64.7 cm³/mol. The standard InChI is InChI=1S/C12H20O7/c1-4-12(2,3)11(17)19-6-5-18-8(10(15)16)7-9(13)14/h8H,4-7H2,1-3H3,(H,13,14)(H,15,16). The second kappa shape index (κ2) is 7.73. The first kappa shape index (κ1) is 17.4. The van der Waals surface area contributed by atoms with Crippen molar-refractivity contribution in [1.82, 2.24) is 0 Å². The Kier molecular flexibility index (Phi) is 7.06. The SMILES string of the molecule is CCC(C)(C)C(=O)OCCOC(CC(=O)O)C(=O)O. The van der Waals surface area contributed by atoms with Crippen LogP contribution in [0.4, 0.5) is 0 Å². The molecule has 19 heavy (non-hydrogen) atoms. The largest absolute Gasteiger partial charge is 0.481 e. The molecule has 7 nitrogen and oxygen atoms in total. The molecule has 0 amide bonds. The van der Waals surface area contributed by atoms with Gasteiger partial charge in [-0.3, -0.25) is 9.59 Å². The van der Waals surface area contributed by atoms with Crippen LogP contribution in [0.2, 0.25) is 0 Å². The molecule has 2 N–H and O–H groups in total. The molecule has 0 aliphatic carbocycles. The van der Waals surface area contributed by atoms with Crippen molar-refractivity contribution in [1.29, 1.82) is 0 Å². The summed E-state index contributed by atoms with van der Waals surface area (Å²) in [6.45, 7) is 5.06. The predicted octanol–water partition coefficient (Wildman–Crippen LogP) is 0.910. The topological polar surface area (TPSA) is 110 Å². The number of carbonyl (C=O) groups excluding carboxylic acids is 1. The zero-order valence-corrected chi connectivity index (χ0v) is 11.3. The van der Waals surface area contributed by atoms with Crippen LogP contribution in [0.15, 0.2) is 0 Å². The van der Waals surface area contributed by atoms with Gasteiger partial charge in [-0.2, -0.15) is 0 Å². The van der Waals surface area contributed by atoms with Crippen molar-refractivity contribution in [3.63, 3.8) is 0 Å². The van der Waals surface area contributed by atoms with E-state index in [2.05, 4.69) is 0 Å². The smallest absolute Gasteiger partial charge is 0.333 e. The number of esters is 1. The Labute approximate surface area is 111 Å². The van der Waals surface area contributed by atoms with Crippen molar-refractivity contribution >= 4 is 17.9 Å². The number of aliphatic carboxylic acids is 2. The molecule has 0 aliphatic rings. The van der Waals surface area contributed by atoms with Gasteiger partial charge in [-0.1, -0.05) is 6.92 Å². The maximum Gasteiger partial charge on any atom is 0.333 e. The van der Waals surface area contributed by atoms with E-state index >= 15 is 0 Å². The van der Waals surface area contributed by atoms with Gasteiger partial charge < -0.3 is 19.7 Å². The van der Waals surface area contributed by atoms with Crippen molar-refractivity contribution < 1.29 is 34.1 Å². The highest BCUT2D eigenvalue weighted by atomic mass is 16.6. The zero-order valence-electron chi connectivity index (χ0n) is 11.3. The molecule has 0 heterocycles. The summed E-state index contributed by atoms with van der Waals surface area (Å²) in [6.07, 6.45) is -1.46. The van der Waals surface area contributed by atoms with E-state index in [9.17, 15) is 14.4 Å². The maximum atomic E-state index is 11.6. The average Bonchev–Trinajstić information content (AvgIpc) is 2.31. The van der Waals surface area contributed by atoms with E-state index in [-0.39, 0.29) is 13.2 Å². The molecular formula is C12H20O7. The van der Waals surface area contributed by atoms with Crippen molar-refractivity contribution in [2.75, 3.05) is 13.2 Å². The molecule has 0 saturated heterocycles. The molecule has 0 bridgehead atoms. The van der Waals surface area contributed by atoms with Crippen LogP contribution >= 0.6 is 0 Å². The van der Waals surface area contributed by atoms with E-state index in [0.717, 1.165) is 0 Å². The molecule has 0 aromatic heterocycles. The highest BCUT2D eigenvalue weighted by molar-refractivity contribution is 5.79. The van der Waals surface area contributed by atoms with Crippen molar-refractivity contribution in [2.45, 2.75) is 39.7 Å². The summed E-state index contributed by atoms with van der Waals surface area (Å²) in [5.74, 6) is -3.03. The van der Waals surface area contributed by atoms with Gasteiger partial charge in [0.05, 0.1) is 18.4 Å². The second-order valence-corrected chi connectivity index (χ2v) is 4.67. The Morgan fingerprint density at radius 2 is 1.74 bits per heavy atom. The van der Waals surface area contributed by atoms with Crippen LogP contribution in [0.3, 0.4) is 0 Å². The molecule has 0 saturated carbocycles. The Morgan fingerprint density at radius 3 is 2.16 bits per heavy atom. The first-order valence-corrected chi connectivity index (χ1v) is 5.94. The number of carbonyl (C=O) groups is 3. The summed E-state index contributed by atoms with van der Waals surface area (Å²) >= 11 is 0. The van der Waals surface area contributed by atoms with Gasteiger partial charge in [0.15, 0.2) is 6.10 Å². The molecule has 1 unspecified atom stereocenters. The minimum atomic E-state index is -1.43. The van der Waals surface area contributed by atoms with Crippen LogP contribution in [0, 0.1) is 5.41 Å². The molecule has 0 aromatic carbocycles. The number of carboxylic acids is 2. The fourth-order valence-electron chi connectivity index (χ4n) is 1.04. The van der Waals surface area contributed by atoms with Gasteiger partial charge in [0.25, 0.3) is 0 Å². The van der Waals surface area contributed by atoms with Gasteiger partial charge in [0, 0.05) is 0 Å². The fraction of sp³-hybridized carbons (Fsp3) is 0.750. The molecule has 1 atom stereocenters. The highest BCUT2D eigenvalue weighted by Gasteiger charge is 2.27. The van der Waals surface area contributed by atoms with Crippen LogP contribution in [-0.4, -0.2) is 47.4 Å². The van der Waals surface area contributed by atoms with E-state index in [0.29, 0.717) is 6.42 Å². The van der Waals surface area contributed by atoms with E-state index < -0.39 is 35.8 Å². The Bertz CT molecular complexity index is 335. The van der Waals surface area contributed by atoms with Crippen LogP contribution in [-0.2, 0) is 23.9 Å². The molecule has 0 rings (SSSR count). The third-order valence-corrected chi connectivity index (χ3v) is 2.71. The van der Waals surface area contributed by atoms with E-state index in [1.807, 2.05) is 6.92 Å². The van der Waals surface area contributed by atoms with E-state index in [4.69, 9.17) is 19.7 Å². The number of hydrogen-bond donors (Lipinski definition) is 2. The molecular weight excluding hydrogens is 256 g/mol. The van der Waals surface area contributed by atoms with Crippen LogP contribution < -0.4 is 0 Å². The third-order valence-electron chi connectivity index (χ3n) is 2.71. The molecule has 0 radical (unpaired) electrons. The van der Waals surface area contributed by atoms with Gasteiger partial charge in [-0.25, -0.2) is 4.79 Å². The summed E-state index contributed by atoms with van der Waals surface area (Å²) in [5.41, 5.74) is -0.604. The molecule has 110 valence electrons. The maximum absolute atomic E-state index is 11.6. The van der Waals surface area contributed by atoms with E-state index in [1.54, 1.807) is 13.8 Å². The van der Waals surface area contributed by atoms with Gasteiger partial charge in [-0.05, 0) is 20.3 Å². The lowest BCUT2D eigenvalue weighted by Gasteiger charge is -2.20. The minimum Gasteiger partial charge on any atom is -0.481 e. The Morgan fingerprint density at radius 1 is 1.16 bits per heavy atom. The summed E-state index contributed by atoms with van der Waals surface area (Å²) in [7, 11) is 0. The lowest BCUT2D eigenvalue weighted by molar-refractivity contribution is -0.162. The van der Waals surface area contributed by atoms with Gasteiger partial charge in [0.2, 0.25) is 0 Å². The molecule has 0 spiro atoms. The molecule has 0 fully saturated rings. The molecule has 7 heteroatoms. The Balaban J connectivity index is 4.05. The zero-order chi connectivity index (χ0) is 15.1. The molecule has 0 aromatic rings. The molecule has 0 aliphatic heterocycles. The summed E-state index contributed by atoms with van der Waals surface area (Å²) in [5, 5.41) is 17.2. The Hall–Kier alpha value is -1.63. The first-order chi connectivity index (χ1) is 8.70. The monoisotopic (exact) mass is 276 g/mol. The van der Waals surface area contributed by atoms with Crippen LogP contribution in [0.25, 0.3) is 0 Å². The summed E-state index contributed by atoms with van der Waals surface area (Å²) < 4.78 is 9.78. The van der Waals surface area contributed by atoms with Crippen molar-refractivity contribution in [3.05, 3.63) is 0 Å². The fourth-order valence-corrected chi connectivity index (χ4v) is 1.04. The van der Waals surface area contributed by atoms with E-state index in [1.165, 1.54) is 0 Å². The van der Waals surface area contributed by atoms with Crippen molar-refractivity contribution in [3.8, 4) is 0 Å². The number of rotatable bonds is 9. The number of hydrogen-bond acceptors (Lipinski definition) is 5. The normalized spacial score (nSPS) is 12.8. The first-order valence-electron chi connectivity index (χ1n) is 5.94. The average molecular weight is 276 g/mol. The lowest BCUT2D eigenvalue weighted by Crippen LogP contribution is -2.30. The summed E-state index contributed by atoms with van der Waals surface area (Å²) in [4.78, 5) is 32.6. The third kappa shape index (κ3) is 6.76. The van der Waals surface area contributed by atoms with Crippen LogP contribution in [0.5, 0.6) is 0 Å². The summed E-state index contributed by atoms with van der Waals surface area (Å²) in [6, 6.07) is 0. The number of carboxylic acid groups (broad SMARTS) is 2. The minimum absolute atomic E-state index is 0.105. The van der Waals surface area contributed by atoms with Crippen LogP contribution in [0.1, 0.15) is 33.6 Å². The quantitative estimate of drug-likeness (QED) is 0.475.